The van der Waals surface area contributed by atoms with Crippen molar-refractivity contribution in [2.45, 2.75) is 53.6 Å². The van der Waals surface area contributed by atoms with Crippen LogP contribution in [0, 0.1) is 19.8 Å². The predicted octanol–water partition coefficient (Wildman–Crippen LogP) is 4.40. The van der Waals surface area contributed by atoms with Crippen molar-refractivity contribution in [3.63, 3.8) is 0 Å². The summed E-state index contributed by atoms with van der Waals surface area (Å²) in [5.41, 5.74) is 1.55. The first kappa shape index (κ1) is 22.0. The lowest BCUT2D eigenvalue weighted by molar-refractivity contribution is -0.124. The van der Waals surface area contributed by atoms with Gasteiger partial charge >= 0.3 is 0 Å². The Morgan fingerprint density at radius 2 is 1.79 bits per heavy atom. The number of thiophene rings is 1. The van der Waals surface area contributed by atoms with Gasteiger partial charge in [-0.1, -0.05) is 26.0 Å². The van der Waals surface area contributed by atoms with E-state index < -0.39 is 6.04 Å². The molecule has 0 saturated carbocycles. The molecule has 1 aromatic carbocycles. The molecule has 152 valence electrons. The van der Waals surface area contributed by atoms with Crippen LogP contribution in [-0.4, -0.2) is 24.5 Å². The summed E-state index contributed by atoms with van der Waals surface area (Å²) < 4.78 is 5.54. The van der Waals surface area contributed by atoms with E-state index in [-0.39, 0.29) is 23.8 Å². The minimum absolute atomic E-state index is 0.0549. The molecule has 0 spiro atoms. The molecule has 2 N–H and O–H groups in total. The zero-order valence-electron chi connectivity index (χ0n) is 17.5. The van der Waals surface area contributed by atoms with E-state index in [1.165, 1.54) is 9.75 Å². The summed E-state index contributed by atoms with van der Waals surface area (Å²) in [5.74, 6) is -0.0371. The summed E-state index contributed by atoms with van der Waals surface area (Å²) >= 11 is 1.72. The molecule has 5 nitrogen and oxygen atoms in total. The number of aryl methyl sites for hydroxylation is 2. The highest BCUT2D eigenvalue weighted by Crippen LogP contribution is 2.26. The normalized spacial score (nSPS) is 13.1. The number of hydrogen-bond acceptors (Lipinski definition) is 4. The van der Waals surface area contributed by atoms with Crippen molar-refractivity contribution in [3.8, 4) is 5.75 Å². The van der Waals surface area contributed by atoms with Crippen molar-refractivity contribution in [1.29, 1.82) is 0 Å². The lowest BCUT2D eigenvalue weighted by atomic mass is 10.0. The van der Waals surface area contributed by atoms with Crippen LogP contribution in [0.25, 0.3) is 0 Å². The van der Waals surface area contributed by atoms with E-state index in [1.54, 1.807) is 29.5 Å². The maximum absolute atomic E-state index is 12.9. The first-order valence-corrected chi connectivity index (χ1v) is 10.5. The van der Waals surface area contributed by atoms with Crippen molar-refractivity contribution in [2.75, 3.05) is 6.61 Å². The summed E-state index contributed by atoms with van der Waals surface area (Å²) in [5, 5.41) is 5.93. The highest BCUT2D eigenvalue weighted by molar-refractivity contribution is 7.12. The molecule has 0 aliphatic rings. The van der Waals surface area contributed by atoms with Crippen LogP contribution in [0.1, 0.15) is 59.4 Å². The molecule has 1 heterocycles. The van der Waals surface area contributed by atoms with Gasteiger partial charge in [-0.25, -0.2) is 0 Å². The largest absolute Gasteiger partial charge is 0.493 e. The van der Waals surface area contributed by atoms with Crippen LogP contribution >= 0.6 is 11.3 Å². The van der Waals surface area contributed by atoms with Gasteiger partial charge in [0.2, 0.25) is 5.91 Å². The van der Waals surface area contributed by atoms with Gasteiger partial charge in [-0.05, 0) is 57.4 Å². The number of rotatable bonds is 8. The Kier molecular flexibility index (Phi) is 7.63. The summed E-state index contributed by atoms with van der Waals surface area (Å²) in [4.78, 5) is 28.1. The Bertz CT molecular complexity index is 829. The molecular weight excluding hydrogens is 372 g/mol. The predicted molar refractivity (Wildman–Crippen MR) is 114 cm³/mol. The van der Waals surface area contributed by atoms with Crippen molar-refractivity contribution in [3.05, 3.63) is 51.2 Å². The van der Waals surface area contributed by atoms with Crippen molar-refractivity contribution < 1.29 is 14.3 Å². The molecule has 6 heteroatoms. The summed E-state index contributed by atoms with van der Waals surface area (Å²) in [6.45, 7) is 12.3. The van der Waals surface area contributed by atoms with E-state index in [0.717, 1.165) is 5.56 Å². The number of carbonyl (C=O) groups is 2. The van der Waals surface area contributed by atoms with E-state index in [1.807, 2.05) is 33.8 Å². The number of nitrogens with one attached hydrogen (secondary N) is 2. The Labute approximate surface area is 171 Å². The molecule has 1 aromatic heterocycles. The van der Waals surface area contributed by atoms with Crippen LogP contribution in [0.5, 0.6) is 5.75 Å². The molecule has 2 rings (SSSR count). The van der Waals surface area contributed by atoms with Crippen molar-refractivity contribution in [2.24, 2.45) is 5.92 Å². The zero-order chi connectivity index (χ0) is 20.8. The van der Waals surface area contributed by atoms with Gasteiger partial charge in [0.1, 0.15) is 11.8 Å². The van der Waals surface area contributed by atoms with Crippen molar-refractivity contribution >= 4 is 23.2 Å². The maximum Gasteiger partial charge on any atom is 0.255 e. The topological polar surface area (TPSA) is 67.4 Å². The lowest BCUT2D eigenvalue weighted by Crippen LogP contribution is -2.50. The number of benzene rings is 1. The van der Waals surface area contributed by atoms with Gasteiger partial charge in [0, 0.05) is 9.75 Å². The molecule has 0 bridgehead atoms. The lowest BCUT2D eigenvalue weighted by Gasteiger charge is -2.24. The SMILES string of the molecule is CCOc1ccccc1C(=O)N[C@@H](C(=O)N[C@@H](C)c1cc(C)sc1C)C(C)C. The molecule has 2 atom stereocenters. The van der Waals surface area contributed by atoms with Crippen LogP contribution in [0.3, 0.4) is 0 Å². The van der Waals surface area contributed by atoms with Gasteiger partial charge in [-0.3, -0.25) is 9.59 Å². The number of amides is 2. The average molecular weight is 403 g/mol. The molecule has 0 aliphatic heterocycles. The van der Waals surface area contributed by atoms with Gasteiger partial charge < -0.3 is 15.4 Å². The molecule has 2 aromatic rings. The van der Waals surface area contributed by atoms with Gasteiger partial charge in [-0.2, -0.15) is 0 Å². The standard InChI is InChI=1S/C22H30N2O3S/c1-7-27-19-11-9-8-10-17(19)21(25)24-20(13(2)3)22(26)23-15(5)18-12-14(4)28-16(18)6/h8-13,15,20H,7H2,1-6H3,(H,23,26)(H,24,25)/t15-,20+/m0/s1. The maximum atomic E-state index is 12.9. The number of para-hydroxylation sites is 1. The second-order valence-corrected chi connectivity index (χ2v) is 8.68. The number of carbonyl (C=O) groups excluding carboxylic acids is 2. The zero-order valence-corrected chi connectivity index (χ0v) is 18.3. The van der Waals surface area contributed by atoms with E-state index in [9.17, 15) is 9.59 Å². The van der Waals surface area contributed by atoms with E-state index in [2.05, 4.69) is 30.5 Å². The molecule has 0 aliphatic carbocycles. The van der Waals surface area contributed by atoms with E-state index >= 15 is 0 Å². The fourth-order valence-corrected chi connectivity index (χ4v) is 4.17. The van der Waals surface area contributed by atoms with Crippen LogP contribution in [-0.2, 0) is 4.79 Å². The fourth-order valence-electron chi connectivity index (χ4n) is 3.15. The smallest absolute Gasteiger partial charge is 0.255 e. The van der Waals surface area contributed by atoms with Gasteiger partial charge in [0.05, 0.1) is 18.2 Å². The summed E-state index contributed by atoms with van der Waals surface area (Å²) in [7, 11) is 0. The van der Waals surface area contributed by atoms with Crippen LogP contribution in [0.4, 0.5) is 0 Å². The molecule has 0 unspecified atom stereocenters. The highest BCUT2D eigenvalue weighted by atomic mass is 32.1. The highest BCUT2D eigenvalue weighted by Gasteiger charge is 2.27. The van der Waals surface area contributed by atoms with Crippen LogP contribution in [0.2, 0.25) is 0 Å². The molecular formula is C22H30N2O3S. The molecule has 0 fully saturated rings. The molecule has 0 saturated heterocycles. The fraction of sp³-hybridized carbons (Fsp3) is 0.455. The van der Waals surface area contributed by atoms with Gasteiger partial charge in [0.25, 0.3) is 5.91 Å². The first-order chi connectivity index (χ1) is 13.2. The van der Waals surface area contributed by atoms with Gasteiger partial charge in [0.15, 0.2) is 0 Å². The Morgan fingerprint density at radius 1 is 1.11 bits per heavy atom. The van der Waals surface area contributed by atoms with E-state index in [0.29, 0.717) is 17.9 Å². The van der Waals surface area contributed by atoms with Crippen molar-refractivity contribution in [1.82, 2.24) is 10.6 Å². The third-order valence-corrected chi connectivity index (χ3v) is 5.55. The number of hydrogen-bond donors (Lipinski definition) is 2. The quantitative estimate of drug-likeness (QED) is 0.688. The minimum atomic E-state index is -0.635. The third kappa shape index (κ3) is 5.35. The van der Waals surface area contributed by atoms with Gasteiger partial charge in [-0.15, -0.1) is 11.3 Å². The molecule has 28 heavy (non-hydrogen) atoms. The monoisotopic (exact) mass is 402 g/mol. The van der Waals surface area contributed by atoms with Crippen LogP contribution in [0.15, 0.2) is 30.3 Å². The molecule has 0 radical (unpaired) electrons. The molecule has 2 amide bonds. The second-order valence-electron chi connectivity index (χ2n) is 7.22. The minimum Gasteiger partial charge on any atom is -0.493 e. The Balaban J connectivity index is 2.13. The van der Waals surface area contributed by atoms with Crippen LogP contribution < -0.4 is 15.4 Å². The van der Waals surface area contributed by atoms with E-state index in [4.69, 9.17) is 4.74 Å². The Hall–Kier alpha value is -2.34. The average Bonchev–Trinajstić information content (AvgIpc) is 2.98. The second kappa shape index (κ2) is 9.73. The summed E-state index contributed by atoms with van der Waals surface area (Å²) in [6, 6.07) is 8.41. The Morgan fingerprint density at radius 3 is 2.36 bits per heavy atom. The number of ether oxygens (including phenoxy) is 1. The first-order valence-electron chi connectivity index (χ1n) is 9.64. The third-order valence-electron chi connectivity index (χ3n) is 4.57. The summed E-state index contributed by atoms with van der Waals surface area (Å²) in [6.07, 6.45) is 0.